The summed E-state index contributed by atoms with van der Waals surface area (Å²) in [5, 5.41) is 0. The van der Waals surface area contributed by atoms with E-state index in [1.165, 1.54) is 38.5 Å². The van der Waals surface area contributed by atoms with Crippen molar-refractivity contribution in [3.05, 3.63) is 6.92 Å². The number of hydrogen-bond donors (Lipinski definition) is 0. The molecule has 2 unspecified atom stereocenters. The van der Waals surface area contributed by atoms with Crippen molar-refractivity contribution < 1.29 is 26.5 Å². The Morgan fingerprint density at radius 1 is 1.29 bits per heavy atom. The molecular weight excluding hydrogens is 292 g/mol. The van der Waals surface area contributed by atoms with E-state index in [1.54, 1.807) is 0 Å². The molecular formula is C13H23BrMgO2. The van der Waals surface area contributed by atoms with Gasteiger partial charge in [-0.05, 0) is 25.2 Å². The summed E-state index contributed by atoms with van der Waals surface area (Å²) in [5.41, 5.74) is 0. The number of unbranched alkanes of at least 4 members (excludes halogenated alkanes) is 2. The van der Waals surface area contributed by atoms with Crippen molar-refractivity contribution in [1.29, 1.82) is 0 Å². The minimum atomic E-state index is 0. The molecule has 0 spiro atoms. The van der Waals surface area contributed by atoms with Crippen LogP contribution in [0.5, 0.6) is 0 Å². The Kier molecular flexibility index (Phi) is 9.76. The minimum Gasteiger partial charge on any atom is -1.00 e. The van der Waals surface area contributed by atoms with Gasteiger partial charge in [-0.15, -0.1) is 5.92 Å². The van der Waals surface area contributed by atoms with Gasteiger partial charge in [0.25, 0.3) is 0 Å². The maximum absolute atomic E-state index is 5.94. The molecule has 2 saturated heterocycles. The number of rotatable bonds is 4. The van der Waals surface area contributed by atoms with Crippen molar-refractivity contribution in [1.82, 2.24) is 0 Å². The second kappa shape index (κ2) is 9.13. The molecule has 17 heavy (non-hydrogen) atoms. The fourth-order valence-corrected chi connectivity index (χ4v) is 2.76. The molecule has 2 fully saturated rings. The van der Waals surface area contributed by atoms with Gasteiger partial charge in [-0.3, -0.25) is 0 Å². The Morgan fingerprint density at radius 3 is 2.71 bits per heavy atom. The van der Waals surface area contributed by atoms with Gasteiger partial charge in [-0.1, -0.05) is 26.2 Å². The van der Waals surface area contributed by atoms with Crippen LogP contribution in [0.25, 0.3) is 0 Å². The Balaban J connectivity index is 0.00000128. The molecule has 96 valence electrons. The summed E-state index contributed by atoms with van der Waals surface area (Å²) in [6.07, 6.45) is 7.85. The Hall–Kier alpha value is 1.17. The molecule has 0 aromatic carbocycles. The molecule has 0 bridgehead atoms. The van der Waals surface area contributed by atoms with E-state index in [2.05, 4.69) is 13.8 Å². The van der Waals surface area contributed by atoms with Gasteiger partial charge in [-0.25, -0.2) is 0 Å². The van der Waals surface area contributed by atoms with Gasteiger partial charge in [0.15, 0.2) is 6.29 Å². The van der Waals surface area contributed by atoms with Crippen molar-refractivity contribution >= 4 is 23.1 Å². The zero-order valence-electron chi connectivity index (χ0n) is 10.9. The third-order valence-electron chi connectivity index (χ3n) is 3.74. The Morgan fingerprint density at radius 2 is 2.06 bits per heavy atom. The SMILES string of the molecule is [Br-].[CH2-][C@@H]1C2CCCOC2O[C@H]1CCCCC.[Mg+2]. The molecule has 2 heterocycles. The first kappa shape index (κ1) is 18.2. The molecule has 2 rings (SSSR count). The molecule has 0 radical (unpaired) electrons. The third kappa shape index (κ3) is 4.64. The van der Waals surface area contributed by atoms with Gasteiger partial charge in [0, 0.05) is 12.7 Å². The number of hydrogen-bond acceptors (Lipinski definition) is 2. The van der Waals surface area contributed by atoms with Crippen LogP contribution in [-0.2, 0) is 9.47 Å². The van der Waals surface area contributed by atoms with Gasteiger partial charge in [0.05, 0.1) is 0 Å². The van der Waals surface area contributed by atoms with Gasteiger partial charge < -0.3 is 33.4 Å². The van der Waals surface area contributed by atoms with E-state index in [0.29, 0.717) is 17.9 Å². The average molecular weight is 316 g/mol. The third-order valence-corrected chi connectivity index (χ3v) is 3.74. The van der Waals surface area contributed by atoms with Crippen molar-refractivity contribution in [2.75, 3.05) is 6.61 Å². The molecule has 0 aliphatic carbocycles. The maximum Gasteiger partial charge on any atom is 2.00 e. The van der Waals surface area contributed by atoms with E-state index in [1.807, 2.05) is 0 Å². The van der Waals surface area contributed by atoms with Crippen LogP contribution in [0.2, 0.25) is 0 Å². The van der Waals surface area contributed by atoms with Gasteiger partial charge >= 0.3 is 23.1 Å². The monoisotopic (exact) mass is 314 g/mol. The standard InChI is InChI=1S/C13H23O2.BrH.Mg/c1-3-4-5-8-12-10(2)11-7-6-9-14-13(11)15-12;;/h10-13H,2-9H2,1H3;1H;/q-1;;+2/p-1/t10-,11?,12+,13?;;/m1../s1. The van der Waals surface area contributed by atoms with E-state index >= 15 is 0 Å². The molecule has 0 N–H and O–H groups in total. The van der Waals surface area contributed by atoms with Crippen LogP contribution in [0.4, 0.5) is 0 Å². The smallest absolute Gasteiger partial charge is 1.00 e. The second-order valence-corrected chi connectivity index (χ2v) is 4.88. The van der Waals surface area contributed by atoms with E-state index in [0.717, 1.165) is 6.61 Å². The summed E-state index contributed by atoms with van der Waals surface area (Å²) in [7, 11) is 0. The number of ether oxygens (including phenoxy) is 2. The molecule has 0 amide bonds. The molecule has 2 nitrogen and oxygen atoms in total. The first-order valence-corrected chi connectivity index (χ1v) is 6.43. The summed E-state index contributed by atoms with van der Waals surface area (Å²) in [6.45, 7) is 7.38. The quantitative estimate of drug-likeness (QED) is 0.406. The molecule has 4 heteroatoms. The fraction of sp³-hybridized carbons (Fsp3) is 0.923. The summed E-state index contributed by atoms with van der Waals surface area (Å²) in [5.74, 6) is 1.01. The van der Waals surface area contributed by atoms with Gasteiger partial charge in [0.2, 0.25) is 0 Å². The summed E-state index contributed by atoms with van der Waals surface area (Å²) >= 11 is 0. The summed E-state index contributed by atoms with van der Waals surface area (Å²) in [4.78, 5) is 0. The molecule has 0 aromatic heterocycles. The van der Waals surface area contributed by atoms with Crippen LogP contribution in [0, 0.1) is 18.8 Å². The summed E-state index contributed by atoms with van der Waals surface area (Å²) in [6, 6.07) is 0. The van der Waals surface area contributed by atoms with Crippen molar-refractivity contribution in [2.45, 2.75) is 57.8 Å². The molecule has 2 aliphatic heterocycles. The first-order chi connectivity index (χ1) is 7.33. The number of halogens is 1. The fourth-order valence-electron chi connectivity index (χ4n) is 2.76. The van der Waals surface area contributed by atoms with E-state index in [-0.39, 0.29) is 46.3 Å². The minimum absolute atomic E-state index is 0. The Labute approximate surface area is 132 Å². The largest absolute Gasteiger partial charge is 2.00 e. The molecule has 4 atom stereocenters. The topological polar surface area (TPSA) is 18.5 Å². The zero-order chi connectivity index (χ0) is 10.7. The van der Waals surface area contributed by atoms with Crippen LogP contribution in [0.15, 0.2) is 0 Å². The average Bonchev–Trinajstić information content (AvgIpc) is 2.57. The van der Waals surface area contributed by atoms with Crippen LogP contribution < -0.4 is 17.0 Å². The molecule has 0 saturated carbocycles. The second-order valence-electron chi connectivity index (χ2n) is 4.88. The van der Waals surface area contributed by atoms with Crippen molar-refractivity contribution in [3.8, 4) is 0 Å². The van der Waals surface area contributed by atoms with Gasteiger partial charge in [-0.2, -0.15) is 0 Å². The van der Waals surface area contributed by atoms with Crippen molar-refractivity contribution in [3.63, 3.8) is 0 Å². The van der Waals surface area contributed by atoms with Crippen LogP contribution >= 0.6 is 0 Å². The van der Waals surface area contributed by atoms with Gasteiger partial charge in [0.1, 0.15) is 0 Å². The van der Waals surface area contributed by atoms with Crippen molar-refractivity contribution in [2.24, 2.45) is 11.8 Å². The molecule has 0 aromatic rings. The normalized spacial score (nSPS) is 35.6. The van der Waals surface area contributed by atoms with Crippen LogP contribution in [0.3, 0.4) is 0 Å². The van der Waals surface area contributed by atoms with E-state index < -0.39 is 0 Å². The molecule has 2 aliphatic rings. The summed E-state index contributed by atoms with van der Waals surface area (Å²) < 4.78 is 11.6. The predicted molar refractivity (Wildman–Crippen MR) is 66.1 cm³/mol. The maximum atomic E-state index is 5.94. The Bertz CT molecular complexity index is 204. The van der Waals surface area contributed by atoms with Crippen LogP contribution in [0.1, 0.15) is 45.4 Å². The first-order valence-electron chi connectivity index (χ1n) is 6.43. The number of fused-ring (bicyclic) bond motifs is 1. The van der Waals surface area contributed by atoms with E-state index in [4.69, 9.17) is 9.47 Å². The van der Waals surface area contributed by atoms with E-state index in [9.17, 15) is 0 Å². The predicted octanol–water partition coefficient (Wildman–Crippen LogP) is -0.208. The van der Waals surface area contributed by atoms with Crippen LogP contribution in [-0.4, -0.2) is 42.1 Å². The zero-order valence-corrected chi connectivity index (χ0v) is 13.9.